The number of methoxy groups -OCH3 is 2. The summed E-state index contributed by atoms with van der Waals surface area (Å²) in [5.74, 6) is 2.45. The minimum atomic E-state index is 0.797. The van der Waals surface area contributed by atoms with Crippen LogP contribution in [0.15, 0.2) is 23.2 Å². The molecule has 0 unspecified atom stereocenters. The number of ether oxygens (including phenoxy) is 2. The van der Waals surface area contributed by atoms with E-state index >= 15 is 0 Å². The highest BCUT2D eigenvalue weighted by Gasteiger charge is 2.19. The predicted molar refractivity (Wildman–Crippen MR) is 124 cm³/mol. The number of aliphatic imine (C=N–C) groups is 1. The zero-order valence-corrected chi connectivity index (χ0v) is 19.5. The second kappa shape index (κ2) is 11.0. The van der Waals surface area contributed by atoms with E-state index in [2.05, 4.69) is 55.4 Å². The number of fused-ring (bicyclic) bond motifs is 1. The highest BCUT2D eigenvalue weighted by molar-refractivity contribution is 5.79. The Kier molecular flexibility index (Phi) is 8.17. The van der Waals surface area contributed by atoms with Crippen LogP contribution in [0.3, 0.4) is 0 Å². The molecule has 1 aliphatic rings. The molecule has 2 N–H and O–H groups in total. The van der Waals surface area contributed by atoms with Crippen LogP contribution in [0, 0.1) is 13.8 Å². The minimum absolute atomic E-state index is 0.797. The summed E-state index contributed by atoms with van der Waals surface area (Å²) in [7, 11) is 5.18. The molecule has 0 amide bonds. The molecule has 31 heavy (non-hydrogen) atoms. The molecule has 0 spiro atoms. The molecule has 0 bridgehead atoms. The van der Waals surface area contributed by atoms with E-state index in [0.29, 0.717) is 0 Å². The maximum absolute atomic E-state index is 5.46. The van der Waals surface area contributed by atoms with Crippen LogP contribution in [0.2, 0.25) is 0 Å². The van der Waals surface area contributed by atoms with Gasteiger partial charge in [-0.1, -0.05) is 0 Å². The molecule has 0 atom stereocenters. The Labute approximate surface area is 185 Å². The van der Waals surface area contributed by atoms with E-state index in [-0.39, 0.29) is 0 Å². The number of aryl methyl sites for hydroxylation is 3. The smallest absolute Gasteiger partial charge is 0.191 e. The zero-order chi connectivity index (χ0) is 22.2. The highest BCUT2D eigenvalue weighted by atomic mass is 16.5. The summed E-state index contributed by atoms with van der Waals surface area (Å²) in [4.78, 5) is 6.79. The van der Waals surface area contributed by atoms with Crippen LogP contribution in [0.5, 0.6) is 11.5 Å². The lowest BCUT2D eigenvalue weighted by Crippen LogP contribution is -2.43. The first kappa shape index (κ1) is 22.9. The minimum Gasteiger partial charge on any atom is -0.493 e. The number of hydrogen-bond donors (Lipinski definition) is 2. The summed E-state index contributed by atoms with van der Waals surface area (Å²) in [6.07, 6.45) is 2.02. The Hall–Kier alpha value is -2.74. The maximum atomic E-state index is 5.46. The second-order valence-corrected chi connectivity index (χ2v) is 7.93. The van der Waals surface area contributed by atoms with Gasteiger partial charge in [0.25, 0.3) is 0 Å². The molecule has 0 saturated heterocycles. The van der Waals surface area contributed by atoms with Crippen LogP contribution in [0.25, 0.3) is 0 Å². The molecular weight excluding hydrogens is 392 g/mol. The number of aromatic nitrogens is 2. The molecule has 8 nitrogen and oxygen atoms in total. The predicted octanol–water partition coefficient (Wildman–Crippen LogP) is 2.13. The number of rotatable bonds is 9. The van der Waals surface area contributed by atoms with Crippen LogP contribution in [-0.2, 0) is 19.5 Å². The molecule has 170 valence electrons. The Morgan fingerprint density at radius 1 is 1.03 bits per heavy atom. The fourth-order valence-electron chi connectivity index (χ4n) is 4.02. The van der Waals surface area contributed by atoms with Crippen molar-refractivity contribution in [2.75, 3.05) is 47.4 Å². The molecule has 0 fully saturated rings. The quantitative estimate of drug-likeness (QED) is 0.362. The first-order chi connectivity index (χ1) is 15.0. The molecule has 1 aromatic carbocycles. The van der Waals surface area contributed by atoms with Gasteiger partial charge in [-0.15, -0.1) is 0 Å². The zero-order valence-electron chi connectivity index (χ0n) is 19.5. The summed E-state index contributed by atoms with van der Waals surface area (Å²) in [6, 6.07) is 6.33. The van der Waals surface area contributed by atoms with Gasteiger partial charge in [0, 0.05) is 52.0 Å². The van der Waals surface area contributed by atoms with Gasteiger partial charge in [0.15, 0.2) is 17.5 Å². The third-order valence-electron chi connectivity index (χ3n) is 5.68. The van der Waals surface area contributed by atoms with Crippen molar-refractivity contribution in [2.45, 2.75) is 39.8 Å². The molecule has 2 heterocycles. The van der Waals surface area contributed by atoms with Gasteiger partial charge in [-0.05, 0) is 56.0 Å². The summed E-state index contributed by atoms with van der Waals surface area (Å²) >= 11 is 0. The lowest BCUT2D eigenvalue weighted by atomic mass is 9.99. The summed E-state index contributed by atoms with van der Waals surface area (Å²) in [5, 5.41) is 11.3. The van der Waals surface area contributed by atoms with Crippen molar-refractivity contribution in [3.05, 3.63) is 40.7 Å². The van der Waals surface area contributed by atoms with Crippen LogP contribution in [0.1, 0.15) is 28.9 Å². The molecule has 0 aliphatic carbocycles. The highest BCUT2D eigenvalue weighted by Crippen LogP contribution is 2.33. The summed E-state index contributed by atoms with van der Waals surface area (Å²) in [6.45, 7) is 9.66. The van der Waals surface area contributed by atoms with Crippen LogP contribution < -0.4 is 20.1 Å². The fourth-order valence-corrected chi connectivity index (χ4v) is 4.02. The number of benzene rings is 1. The van der Waals surface area contributed by atoms with E-state index in [4.69, 9.17) is 9.47 Å². The molecule has 8 heteroatoms. The lowest BCUT2D eigenvalue weighted by molar-refractivity contribution is 0.256. The number of guanidine groups is 1. The average molecular weight is 429 g/mol. The van der Waals surface area contributed by atoms with Crippen molar-refractivity contribution < 1.29 is 9.47 Å². The Morgan fingerprint density at radius 3 is 2.39 bits per heavy atom. The van der Waals surface area contributed by atoms with Crippen LogP contribution in [-0.4, -0.2) is 68.1 Å². The molecule has 0 radical (unpaired) electrons. The van der Waals surface area contributed by atoms with Crippen molar-refractivity contribution in [3.63, 3.8) is 0 Å². The van der Waals surface area contributed by atoms with Gasteiger partial charge in [0.05, 0.1) is 19.9 Å². The van der Waals surface area contributed by atoms with Gasteiger partial charge in [0.2, 0.25) is 0 Å². The van der Waals surface area contributed by atoms with Crippen molar-refractivity contribution in [3.8, 4) is 11.5 Å². The normalized spacial score (nSPS) is 14.3. The molecular formula is C23H36N6O2. The second-order valence-electron chi connectivity index (χ2n) is 7.93. The van der Waals surface area contributed by atoms with Gasteiger partial charge in [-0.3, -0.25) is 14.6 Å². The van der Waals surface area contributed by atoms with E-state index in [1.807, 2.05) is 14.0 Å². The van der Waals surface area contributed by atoms with E-state index < -0.39 is 0 Å². The van der Waals surface area contributed by atoms with E-state index in [1.54, 1.807) is 14.2 Å². The van der Waals surface area contributed by atoms with Crippen molar-refractivity contribution in [2.24, 2.45) is 4.99 Å². The van der Waals surface area contributed by atoms with E-state index in [9.17, 15) is 0 Å². The third-order valence-corrected chi connectivity index (χ3v) is 5.68. The number of hydrogen-bond acceptors (Lipinski definition) is 5. The summed E-state index contributed by atoms with van der Waals surface area (Å²) in [5.41, 5.74) is 4.94. The SMILES string of the molecule is CN=C(NCCCn1nc(C)cc1C)NCCN1CCc2cc(OC)c(OC)cc2C1. The molecule has 1 aliphatic heterocycles. The van der Waals surface area contributed by atoms with Gasteiger partial charge < -0.3 is 20.1 Å². The molecule has 2 aromatic rings. The molecule has 3 rings (SSSR count). The van der Waals surface area contributed by atoms with Gasteiger partial charge in [0.1, 0.15) is 0 Å². The van der Waals surface area contributed by atoms with E-state index in [0.717, 1.165) is 75.3 Å². The van der Waals surface area contributed by atoms with Crippen LogP contribution >= 0.6 is 0 Å². The average Bonchev–Trinajstić information content (AvgIpc) is 3.10. The van der Waals surface area contributed by atoms with Gasteiger partial charge in [-0.25, -0.2) is 0 Å². The first-order valence-electron chi connectivity index (χ1n) is 11.0. The van der Waals surface area contributed by atoms with Crippen molar-refractivity contribution >= 4 is 5.96 Å². The number of nitrogens with zero attached hydrogens (tertiary/aromatic N) is 4. The third kappa shape index (κ3) is 6.13. The van der Waals surface area contributed by atoms with E-state index in [1.165, 1.54) is 16.8 Å². The van der Waals surface area contributed by atoms with Crippen LogP contribution in [0.4, 0.5) is 0 Å². The molecule has 0 saturated carbocycles. The Balaban J connectivity index is 1.39. The standard InChI is InChI=1S/C23H36N6O2/c1-17-13-18(2)29(27-17)10-6-8-25-23(24-3)26-9-12-28-11-7-19-14-21(30-4)22(31-5)15-20(19)16-28/h13-15H,6-12,16H2,1-5H3,(H2,24,25,26). The number of nitrogens with one attached hydrogen (secondary N) is 2. The lowest BCUT2D eigenvalue weighted by Gasteiger charge is -2.29. The summed E-state index contributed by atoms with van der Waals surface area (Å²) < 4.78 is 13.0. The first-order valence-corrected chi connectivity index (χ1v) is 11.0. The maximum Gasteiger partial charge on any atom is 0.191 e. The molecule has 1 aromatic heterocycles. The van der Waals surface area contributed by atoms with Crippen molar-refractivity contribution in [1.29, 1.82) is 0 Å². The topological polar surface area (TPSA) is 75.9 Å². The van der Waals surface area contributed by atoms with Gasteiger partial charge >= 0.3 is 0 Å². The Morgan fingerprint density at radius 2 is 1.74 bits per heavy atom. The van der Waals surface area contributed by atoms with Crippen molar-refractivity contribution in [1.82, 2.24) is 25.3 Å². The van der Waals surface area contributed by atoms with Gasteiger partial charge in [-0.2, -0.15) is 5.10 Å². The Bertz CT molecular complexity index is 892. The largest absolute Gasteiger partial charge is 0.493 e. The fraction of sp³-hybridized carbons (Fsp3) is 0.565. The monoisotopic (exact) mass is 428 g/mol.